The maximum atomic E-state index is 12.9. The fraction of sp³-hybridized carbons (Fsp3) is 0.167. The largest absolute Gasteiger partial charge is 0.384 e. The van der Waals surface area contributed by atoms with Gasteiger partial charge in [-0.05, 0) is 42.5 Å². The third-order valence-electron chi connectivity index (χ3n) is 5.81. The third-order valence-corrected chi connectivity index (χ3v) is 5.81. The van der Waals surface area contributed by atoms with E-state index < -0.39 is 0 Å². The lowest BCUT2D eigenvalue weighted by Gasteiger charge is -2.27. The number of fused-ring (bicyclic) bond motifs is 1. The Balaban J connectivity index is 1.26. The number of aromatic nitrogens is 2. The Labute approximate surface area is 181 Å². The highest BCUT2D eigenvalue weighted by molar-refractivity contribution is 6.25. The molecule has 32 heavy (non-hydrogen) atoms. The van der Waals surface area contributed by atoms with E-state index >= 15 is 0 Å². The molecular weight excluding hydrogens is 408 g/mol. The minimum absolute atomic E-state index is 0.271. The number of aromatic amines is 2. The van der Waals surface area contributed by atoms with Crippen molar-refractivity contribution in [3.05, 3.63) is 86.4 Å². The summed E-state index contributed by atoms with van der Waals surface area (Å²) in [6, 6.07) is 16.0. The molecule has 1 aromatic heterocycles. The lowest BCUT2D eigenvalue weighted by Crippen LogP contribution is -2.41. The average Bonchev–Trinajstić information content (AvgIpc) is 2.81. The summed E-state index contributed by atoms with van der Waals surface area (Å²) in [6.45, 7) is 0.827. The Bertz CT molecular complexity index is 1450. The van der Waals surface area contributed by atoms with Crippen LogP contribution in [-0.2, 0) is 0 Å². The van der Waals surface area contributed by atoms with Gasteiger partial charge in [-0.3, -0.25) is 34.3 Å². The van der Waals surface area contributed by atoms with E-state index in [0.29, 0.717) is 53.5 Å². The van der Waals surface area contributed by atoms with Gasteiger partial charge in [-0.15, -0.1) is 0 Å². The topological polar surface area (TPSA) is 115 Å². The number of hydrogen-bond donors (Lipinski definition) is 3. The number of nitrogens with zero attached hydrogens (tertiary/aromatic N) is 1. The number of rotatable bonds is 6. The molecule has 160 valence electrons. The predicted molar refractivity (Wildman–Crippen MR) is 122 cm³/mol. The van der Waals surface area contributed by atoms with Gasteiger partial charge in [0.1, 0.15) is 0 Å². The standard InChI is InChI=1S/C24H20N4O4/c29-21-15-8-5-11-18(20(15)22(30)27-26-21)25-12-1-2-13-28-23(31)16-9-3-6-14-7-4-10-17(19(14)16)24(28)32/h3-11,25H,1-2,12-13H2,(H,26,29)(H,27,30). The van der Waals surface area contributed by atoms with Crippen LogP contribution in [0.2, 0.25) is 0 Å². The highest BCUT2D eigenvalue weighted by atomic mass is 16.2. The number of imide groups is 1. The van der Waals surface area contributed by atoms with Gasteiger partial charge in [0.05, 0.1) is 10.8 Å². The minimum atomic E-state index is -0.375. The first kappa shape index (κ1) is 19.7. The summed E-state index contributed by atoms with van der Waals surface area (Å²) in [4.78, 5) is 51.3. The fourth-order valence-electron chi connectivity index (χ4n) is 4.28. The number of anilines is 1. The highest BCUT2D eigenvalue weighted by Gasteiger charge is 2.31. The molecule has 0 aliphatic carbocycles. The molecule has 1 aliphatic heterocycles. The number of nitrogens with one attached hydrogen (secondary N) is 3. The molecule has 0 bridgehead atoms. The molecule has 0 fully saturated rings. The van der Waals surface area contributed by atoms with Crippen LogP contribution in [0, 0.1) is 0 Å². The van der Waals surface area contributed by atoms with Crippen LogP contribution in [0.5, 0.6) is 0 Å². The summed E-state index contributed by atoms with van der Waals surface area (Å²) >= 11 is 0. The van der Waals surface area contributed by atoms with Gasteiger partial charge in [0.15, 0.2) is 0 Å². The van der Waals surface area contributed by atoms with Crippen LogP contribution < -0.4 is 16.4 Å². The Kier molecular flexibility index (Phi) is 4.82. The van der Waals surface area contributed by atoms with Gasteiger partial charge in [0.2, 0.25) is 0 Å². The smallest absolute Gasteiger partial charge is 0.272 e. The van der Waals surface area contributed by atoms with Crippen molar-refractivity contribution in [3.63, 3.8) is 0 Å². The summed E-state index contributed by atoms with van der Waals surface area (Å²) in [5, 5.41) is 10.1. The fourth-order valence-corrected chi connectivity index (χ4v) is 4.28. The SMILES string of the molecule is O=C1c2cccc3cccc(c23)C(=O)N1CCCCNc1cccc2c(=O)[nH][nH]c(=O)c12. The van der Waals surface area contributed by atoms with Gasteiger partial charge in [0, 0.05) is 35.3 Å². The second kappa shape index (κ2) is 7.81. The maximum Gasteiger partial charge on any atom is 0.272 e. The lowest BCUT2D eigenvalue weighted by atomic mass is 9.94. The molecule has 8 heteroatoms. The van der Waals surface area contributed by atoms with E-state index in [1.54, 1.807) is 30.3 Å². The summed E-state index contributed by atoms with van der Waals surface area (Å²) < 4.78 is 0. The molecule has 8 nitrogen and oxygen atoms in total. The highest BCUT2D eigenvalue weighted by Crippen LogP contribution is 2.30. The van der Waals surface area contributed by atoms with Crippen LogP contribution in [0.4, 0.5) is 5.69 Å². The molecular formula is C24H20N4O4. The number of benzene rings is 3. The zero-order valence-corrected chi connectivity index (χ0v) is 17.1. The van der Waals surface area contributed by atoms with Crippen LogP contribution >= 0.6 is 0 Å². The number of carbonyl (C=O) groups excluding carboxylic acids is 2. The Hall–Kier alpha value is -4.20. The van der Waals surface area contributed by atoms with Crippen molar-refractivity contribution in [2.45, 2.75) is 12.8 Å². The molecule has 5 rings (SSSR count). The molecule has 0 saturated carbocycles. The van der Waals surface area contributed by atoms with E-state index in [-0.39, 0.29) is 22.9 Å². The number of unbranched alkanes of at least 4 members (excludes halogenated alkanes) is 1. The van der Waals surface area contributed by atoms with Crippen LogP contribution in [0.3, 0.4) is 0 Å². The molecule has 0 atom stereocenters. The Morgan fingerprint density at radius 3 is 2.09 bits per heavy atom. The summed E-state index contributed by atoms with van der Waals surface area (Å²) in [5.41, 5.74) is 0.938. The van der Waals surface area contributed by atoms with Crippen molar-refractivity contribution >= 4 is 39.0 Å². The van der Waals surface area contributed by atoms with E-state index in [9.17, 15) is 19.2 Å². The van der Waals surface area contributed by atoms with Crippen molar-refractivity contribution in [1.82, 2.24) is 15.1 Å². The molecule has 2 heterocycles. The monoisotopic (exact) mass is 428 g/mol. The number of carbonyl (C=O) groups is 2. The van der Waals surface area contributed by atoms with Gasteiger partial charge in [0.25, 0.3) is 22.9 Å². The van der Waals surface area contributed by atoms with E-state index in [1.165, 1.54) is 4.90 Å². The first-order valence-corrected chi connectivity index (χ1v) is 10.4. The summed E-state index contributed by atoms with van der Waals surface area (Å²) in [5.74, 6) is -0.542. The summed E-state index contributed by atoms with van der Waals surface area (Å²) in [6.07, 6.45) is 1.27. The van der Waals surface area contributed by atoms with Gasteiger partial charge >= 0.3 is 0 Å². The first-order valence-electron chi connectivity index (χ1n) is 10.4. The maximum absolute atomic E-state index is 12.9. The van der Waals surface area contributed by atoms with Crippen LogP contribution in [0.1, 0.15) is 33.6 Å². The van der Waals surface area contributed by atoms with Crippen LogP contribution in [0.25, 0.3) is 21.5 Å². The van der Waals surface area contributed by atoms with Crippen molar-refractivity contribution < 1.29 is 9.59 Å². The Morgan fingerprint density at radius 1 is 0.719 bits per heavy atom. The second-order valence-electron chi connectivity index (χ2n) is 7.74. The van der Waals surface area contributed by atoms with E-state index in [0.717, 1.165) is 10.8 Å². The average molecular weight is 428 g/mol. The molecule has 3 aromatic carbocycles. The second-order valence-corrected chi connectivity index (χ2v) is 7.74. The molecule has 3 N–H and O–H groups in total. The van der Waals surface area contributed by atoms with Gasteiger partial charge in [-0.2, -0.15) is 0 Å². The Morgan fingerprint density at radius 2 is 1.38 bits per heavy atom. The normalized spacial score (nSPS) is 13.2. The van der Waals surface area contributed by atoms with Crippen molar-refractivity contribution in [2.24, 2.45) is 0 Å². The molecule has 4 aromatic rings. The molecule has 0 saturated heterocycles. The van der Waals surface area contributed by atoms with Crippen LogP contribution in [-0.4, -0.2) is 40.0 Å². The van der Waals surface area contributed by atoms with Gasteiger partial charge in [-0.25, -0.2) is 0 Å². The van der Waals surface area contributed by atoms with Gasteiger partial charge in [-0.1, -0.05) is 30.3 Å². The zero-order valence-electron chi connectivity index (χ0n) is 17.1. The summed E-state index contributed by atoms with van der Waals surface area (Å²) in [7, 11) is 0. The quantitative estimate of drug-likeness (QED) is 0.323. The van der Waals surface area contributed by atoms with E-state index in [1.807, 2.05) is 24.3 Å². The third kappa shape index (κ3) is 3.17. The molecule has 2 amide bonds. The minimum Gasteiger partial charge on any atom is -0.384 e. The molecule has 0 unspecified atom stereocenters. The van der Waals surface area contributed by atoms with E-state index in [2.05, 4.69) is 15.5 Å². The van der Waals surface area contributed by atoms with Crippen LogP contribution in [0.15, 0.2) is 64.2 Å². The number of amides is 2. The van der Waals surface area contributed by atoms with Crippen molar-refractivity contribution in [3.8, 4) is 0 Å². The lowest BCUT2D eigenvalue weighted by molar-refractivity contribution is 0.0608. The molecule has 0 spiro atoms. The molecule has 1 aliphatic rings. The molecule has 0 radical (unpaired) electrons. The number of H-pyrrole nitrogens is 2. The van der Waals surface area contributed by atoms with E-state index in [4.69, 9.17) is 0 Å². The van der Waals surface area contributed by atoms with Crippen molar-refractivity contribution in [2.75, 3.05) is 18.4 Å². The number of hydrogen-bond acceptors (Lipinski definition) is 5. The zero-order chi connectivity index (χ0) is 22.2. The predicted octanol–water partition coefficient (Wildman–Crippen LogP) is 2.86. The van der Waals surface area contributed by atoms with Crippen molar-refractivity contribution in [1.29, 1.82) is 0 Å². The van der Waals surface area contributed by atoms with Gasteiger partial charge < -0.3 is 5.32 Å². The first-order chi connectivity index (χ1) is 15.6.